The molecule has 2 atom stereocenters. The second-order valence-electron chi connectivity index (χ2n) is 11.3. The summed E-state index contributed by atoms with van der Waals surface area (Å²) < 4.78 is 30.1. The summed E-state index contributed by atoms with van der Waals surface area (Å²) in [4.78, 5) is 15.7. The Labute approximate surface area is 226 Å². The number of carbonyl (C=O) groups is 1. The third kappa shape index (κ3) is 5.28. The maximum absolute atomic E-state index is 14.7. The Hall–Kier alpha value is -2.44. The Kier molecular flexibility index (Phi) is 7.10. The van der Waals surface area contributed by atoms with E-state index in [-0.39, 0.29) is 29.1 Å². The van der Waals surface area contributed by atoms with Crippen molar-refractivity contribution in [3.8, 4) is 5.69 Å². The number of carbonyl (C=O) groups excluding carboxylic acids is 1. The highest BCUT2D eigenvalue weighted by Gasteiger charge is 2.46. The standard InChI is InChI=1S/C29H31Cl2F2N3O/c1-17-12-26(36(34-17)27-13-19(30)4-7-24(27)31)18-8-10-35(11-9-18)28(37)23-16-29(2,3)15-22(23)21-6-5-20(32)14-25(21)33/h4-7,12-14,18,22-23H,8-11,15-16H2,1-3H3/t22-,23+/m0/s1. The molecule has 2 aromatic carbocycles. The number of nitrogens with zero attached hydrogens (tertiary/aromatic N) is 3. The number of likely N-dealkylation sites (tertiary alicyclic amines) is 1. The predicted octanol–water partition coefficient (Wildman–Crippen LogP) is 7.69. The molecule has 2 aliphatic rings. The molecule has 0 spiro atoms. The van der Waals surface area contributed by atoms with Crippen molar-refractivity contribution in [3.05, 3.63) is 81.1 Å². The summed E-state index contributed by atoms with van der Waals surface area (Å²) in [6.45, 7) is 7.42. The smallest absolute Gasteiger partial charge is 0.226 e. The van der Waals surface area contributed by atoms with Gasteiger partial charge in [-0.1, -0.05) is 43.1 Å². The fraction of sp³-hybridized carbons (Fsp3) is 0.448. The molecule has 0 unspecified atom stereocenters. The predicted molar refractivity (Wildman–Crippen MR) is 142 cm³/mol. The maximum atomic E-state index is 14.7. The van der Waals surface area contributed by atoms with Crippen molar-refractivity contribution in [2.45, 2.75) is 58.3 Å². The van der Waals surface area contributed by atoms with Gasteiger partial charge in [-0.3, -0.25) is 4.79 Å². The first-order chi connectivity index (χ1) is 17.5. The van der Waals surface area contributed by atoms with Crippen molar-refractivity contribution in [1.29, 1.82) is 0 Å². The second kappa shape index (κ2) is 10.0. The Bertz CT molecular complexity index is 1330. The fourth-order valence-corrected chi connectivity index (χ4v) is 6.59. The van der Waals surface area contributed by atoms with Crippen LogP contribution in [0.3, 0.4) is 0 Å². The van der Waals surface area contributed by atoms with Crippen LogP contribution in [-0.4, -0.2) is 33.7 Å². The molecule has 1 aliphatic carbocycles. The Morgan fingerprint density at radius 1 is 1.03 bits per heavy atom. The number of hydrogen-bond donors (Lipinski definition) is 0. The zero-order valence-corrected chi connectivity index (χ0v) is 22.8. The molecular weight excluding hydrogens is 515 g/mol. The van der Waals surface area contributed by atoms with Crippen LogP contribution >= 0.6 is 23.2 Å². The minimum Gasteiger partial charge on any atom is -0.342 e. The van der Waals surface area contributed by atoms with Crippen LogP contribution in [-0.2, 0) is 4.79 Å². The lowest BCUT2D eigenvalue weighted by Crippen LogP contribution is -2.42. The lowest BCUT2D eigenvalue weighted by atomic mass is 9.86. The van der Waals surface area contributed by atoms with Crippen LogP contribution in [0.5, 0.6) is 0 Å². The third-order valence-corrected chi connectivity index (χ3v) is 8.48. The number of benzene rings is 2. The van der Waals surface area contributed by atoms with Gasteiger partial charge in [0, 0.05) is 41.7 Å². The van der Waals surface area contributed by atoms with Gasteiger partial charge in [-0.25, -0.2) is 13.5 Å². The molecule has 5 rings (SSSR count). The lowest BCUT2D eigenvalue weighted by molar-refractivity contribution is -0.137. The van der Waals surface area contributed by atoms with Gasteiger partial charge >= 0.3 is 0 Å². The molecule has 196 valence electrons. The van der Waals surface area contributed by atoms with Crippen LogP contribution in [0.15, 0.2) is 42.5 Å². The van der Waals surface area contributed by atoms with Crippen LogP contribution in [0.2, 0.25) is 10.0 Å². The summed E-state index contributed by atoms with van der Waals surface area (Å²) in [6.07, 6.45) is 2.97. The molecule has 1 aliphatic heterocycles. The zero-order chi connectivity index (χ0) is 26.5. The van der Waals surface area contributed by atoms with Gasteiger partial charge < -0.3 is 4.90 Å². The summed E-state index contributed by atoms with van der Waals surface area (Å²) in [7, 11) is 0. The molecule has 3 aromatic rings. The maximum Gasteiger partial charge on any atom is 0.226 e. The number of aryl methyl sites for hydroxylation is 1. The van der Waals surface area contributed by atoms with E-state index >= 15 is 0 Å². The number of amides is 1. The minimum absolute atomic E-state index is 0.0697. The topological polar surface area (TPSA) is 38.1 Å². The minimum atomic E-state index is -0.600. The van der Waals surface area contributed by atoms with Gasteiger partial charge in [-0.15, -0.1) is 0 Å². The van der Waals surface area contributed by atoms with Crippen molar-refractivity contribution >= 4 is 29.1 Å². The van der Waals surface area contributed by atoms with E-state index in [4.69, 9.17) is 23.2 Å². The number of halogens is 4. The molecule has 2 heterocycles. The molecule has 1 saturated carbocycles. The van der Waals surface area contributed by atoms with Gasteiger partial charge in [0.15, 0.2) is 0 Å². The molecule has 0 bridgehead atoms. The van der Waals surface area contributed by atoms with E-state index in [2.05, 4.69) is 25.0 Å². The van der Waals surface area contributed by atoms with Gasteiger partial charge in [0.05, 0.1) is 16.4 Å². The van der Waals surface area contributed by atoms with Crippen LogP contribution in [0, 0.1) is 29.9 Å². The Morgan fingerprint density at radius 3 is 2.46 bits per heavy atom. The van der Waals surface area contributed by atoms with E-state index in [9.17, 15) is 13.6 Å². The van der Waals surface area contributed by atoms with Gasteiger partial charge in [-0.05, 0) is 79.8 Å². The summed E-state index contributed by atoms with van der Waals surface area (Å²) in [5.74, 6) is -1.45. The number of hydrogen-bond acceptors (Lipinski definition) is 2. The SMILES string of the molecule is Cc1cc(C2CCN(C(=O)[C@@H]3CC(C)(C)C[C@H]3c3ccc(F)cc3F)CC2)n(-c2cc(Cl)ccc2Cl)n1. The van der Waals surface area contributed by atoms with Gasteiger partial charge in [0.25, 0.3) is 0 Å². The molecule has 2 fully saturated rings. The first-order valence-electron chi connectivity index (χ1n) is 12.8. The Balaban J connectivity index is 1.34. The summed E-state index contributed by atoms with van der Waals surface area (Å²) in [5, 5.41) is 5.84. The van der Waals surface area contributed by atoms with Crippen LogP contribution in [0.4, 0.5) is 8.78 Å². The second-order valence-corrected chi connectivity index (χ2v) is 12.1. The number of aromatic nitrogens is 2. The van der Waals surface area contributed by atoms with Crippen molar-refractivity contribution in [1.82, 2.24) is 14.7 Å². The van der Waals surface area contributed by atoms with E-state index in [0.717, 1.165) is 36.0 Å². The van der Waals surface area contributed by atoms with Crippen LogP contribution < -0.4 is 0 Å². The highest BCUT2D eigenvalue weighted by atomic mass is 35.5. The van der Waals surface area contributed by atoms with Crippen LogP contribution in [0.1, 0.15) is 68.3 Å². The normalized spacial score (nSPS) is 22.0. The molecule has 0 N–H and O–H groups in total. The van der Waals surface area contributed by atoms with Crippen LogP contribution in [0.25, 0.3) is 5.69 Å². The number of piperidine rings is 1. The zero-order valence-electron chi connectivity index (χ0n) is 21.3. The van der Waals surface area contributed by atoms with E-state index in [1.54, 1.807) is 12.1 Å². The summed E-state index contributed by atoms with van der Waals surface area (Å²) >= 11 is 12.7. The van der Waals surface area contributed by atoms with E-state index in [0.29, 0.717) is 41.5 Å². The summed E-state index contributed by atoms with van der Waals surface area (Å²) in [6, 6.07) is 11.1. The average molecular weight is 546 g/mol. The number of rotatable bonds is 4. The van der Waals surface area contributed by atoms with Gasteiger partial charge in [-0.2, -0.15) is 5.10 Å². The highest BCUT2D eigenvalue weighted by Crippen LogP contribution is 2.51. The van der Waals surface area contributed by atoms with Crippen molar-refractivity contribution in [2.24, 2.45) is 11.3 Å². The first-order valence-corrected chi connectivity index (χ1v) is 13.5. The van der Waals surface area contributed by atoms with Gasteiger partial charge in [0.1, 0.15) is 11.6 Å². The quantitative estimate of drug-likeness (QED) is 0.337. The van der Waals surface area contributed by atoms with E-state index in [1.165, 1.54) is 12.1 Å². The molecule has 1 amide bonds. The lowest BCUT2D eigenvalue weighted by Gasteiger charge is -2.35. The monoisotopic (exact) mass is 545 g/mol. The summed E-state index contributed by atoms with van der Waals surface area (Å²) in [5.41, 5.74) is 3.04. The molecule has 4 nitrogen and oxygen atoms in total. The Morgan fingerprint density at radius 2 is 1.76 bits per heavy atom. The van der Waals surface area contributed by atoms with Crippen molar-refractivity contribution < 1.29 is 13.6 Å². The fourth-order valence-electron chi connectivity index (χ4n) is 6.23. The average Bonchev–Trinajstić information content (AvgIpc) is 3.39. The van der Waals surface area contributed by atoms with E-state index < -0.39 is 11.6 Å². The van der Waals surface area contributed by atoms with E-state index in [1.807, 2.05) is 22.6 Å². The van der Waals surface area contributed by atoms with Gasteiger partial charge in [0.2, 0.25) is 5.91 Å². The molecule has 1 saturated heterocycles. The highest BCUT2D eigenvalue weighted by molar-refractivity contribution is 6.34. The molecule has 37 heavy (non-hydrogen) atoms. The van der Waals surface area contributed by atoms with Crippen molar-refractivity contribution in [2.75, 3.05) is 13.1 Å². The molecule has 8 heteroatoms. The molecule has 0 radical (unpaired) electrons. The third-order valence-electron chi connectivity index (χ3n) is 7.93. The molecular formula is C29H31Cl2F2N3O. The van der Waals surface area contributed by atoms with Crippen molar-refractivity contribution in [3.63, 3.8) is 0 Å². The first kappa shape index (κ1) is 26.2. The molecule has 1 aromatic heterocycles. The largest absolute Gasteiger partial charge is 0.342 e.